The number of hydrogen-bond acceptors (Lipinski definition) is 6. The largest absolute Gasteiger partial charge is 0.496 e. The van der Waals surface area contributed by atoms with Crippen molar-refractivity contribution in [1.82, 2.24) is 14.9 Å². The molecule has 7 heteroatoms. The highest BCUT2D eigenvalue weighted by Crippen LogP contribution is 2.27. The lowest BCUT2D eigenvalue weighted by Gasteiger charge is -2.09. The maximum absolute atomic E-state index is 11.4. The number of carbonyl (C=O) groups excluding carboxylic acids is 1. The van der Waals surface area contributed by atoms with Crippen LogP contribution in [0, 0.1) is 6.92 Å². The Labute approximate surface area is 121 Å². The highest BCUT2D eigenvalue weighted by molar-refractivity contribution is 7.98. The third-order valence-electron chi connectivity index (χ3n) is 2.88. The Hall–Kier alpha value is -2.02. The molecule has 2 rings (SSSR count). The minimum absolute atomic E-state index is 0.0248. The van der Waals surface area contributed by atoms with E-state index in [4.69, 9.17) is 10.6 Å². The van der Waals surface area contributed by atoms with Crippen molar-refractivity contribution in [3.63, 3.8) is 0 Å². The van der Waals surface area contributed by atoms with Gasteiger partial charge in [0.15, 0.2) is 5.78 Å². The SMILES string of the molecule is COc1ccc(C(C)=O)cc1CSc1nnc(C)n1N. The molecule has 0 aliphatic carbocycles. The van der Waals surface area contributed by atoms with Crippen molar-refractivity contribution in [1.29, 1.82) is 0 Å². The Balaban J connectivity index is 2.21. The van der Waals surface area contributed by atoms with Crippen LogP contribution in [0.4, 0.5) is 0 Å². The highest BCUT2D eigenvalue weighted by Gasteiger charge is 2.11. The standard InChI is InChI=1S/C13H16N4O2S/c1-8(18)10-4-5-12(19-3)11(6-10)7-20-13-16-15-9(2)17(13)14/h4-6H,7,14H2,1-3H3. The van der Waals surface area contributed by atoms with E-state index in [1.165, 1.54) is 16.4 Å². The Bertz CT molecular complexity index is 639. The summed E-state index contributed by atoms with van der Waals surface area (Å²) in [5.74, 6) is 7.81. The normalized spacial score (nSPS) is 10.6. The van der Waals surface area contributed by atoms with E-state index in [1.54, 1.807) is 33.1 Å². The number of hydrogen-bond donors (Lipinski definition) is 1. The van der Waals surface area contributed by atoms with Crippen LogP contribution in [0.1, 0.15) is 28.7 Å². The molecule has 0 saturated carbocycles. The second kappa shape index (κ2) is 5.96. The van der Waals surface area contributed by atoms with Crippen LogP contribution in [0.25, 0.3) is 0 Å². The first-order valence-corrected chi connectivity index (χ1v) is 6.99. The Morgan fingerprint density at radius 2 is 2.20 bits per heavy atom. The summed E-state index contributed by atoms with van der Waals surface area (Å²) in [6.07, 6.45) is 0. The zero-order chi connectivity index (χ0) is 14.7. The summed E-state index contributed by atoms with van der Waals surface area (Å²) in [7, 11) is 1.60. The summed E-state index contributed by atoms with van der Waals surface area (Å²) in [5.41, 5.74) is 1.58. The topological polar surface area (TPSA) is 83.0 Å². The zero-order valence-electron chi connectivity index (χ0n) is 11.6. The lowest BCUT2D eigenvalue weighted by Crippen LogP contribution is -2.11. The summed E-state index contributed by atoms with van der Waals surface area (Å²) < 4.78 is 6.74. The van der Waals surface area contributed by atoms with E-state index in [0.29, 0.717) is 22.3 Å². The molecule has 0 spiro atoms. The Kier molecular flexibility index (Phi) is 4.29. The lowest BCUT2D eigenvalue weighted by atomic mass is 10.1. The number of carbonyl (C=O) groups is 1. The monoisotopic (exact) mass is 292 g/mol. The first kappa shape index (κ1) is 14.4. The minimum Gasteiger partial charge on any atom is -0.496 e. The van der Waals surface area contributed by atoms with Crippen molar-refractivity contribution in [2.45, 2.75) is 24.8 Å². The number of nitrogens with zero attached hydrogens (tertiary/aromatic N) is 3. The van der Waals surface area contributed by atoms with Gasteiger partial charge in [0.1, 0.15) is 11.6 Å². The Morgan fingerprint density at radius 1 is 1.45 bits per heavy atom. The van der Waals surface area contributed by atoms with Crippen LogP contribution in [-0.2, 0) is 5.75 Å². The average Bonchev–Trinajstić information content (AvgIpc) is 2.76. The number of Topliss-reactive ketones (excluding diaryl/α,β-unsaturated/α-hetero) is 1. The molecule has 20 heavy (non-hydrogen) atoms. The Morgan fingerprint density at radius 3 is 2.75 bits per heavy atom. The third kappa shape index (κ3) is 2.93. The van der Waals surface area contributed by atoms with Gasteiger partial charge in [-0.3, -0.25) is 4.79 Å². The van der Waals surface area contributed by atoms with Gasteiger partial charge in [0.2, 0.25) is 5.16 Å². The van der Waals surface area contributed by atoms with Crippen molar-refractivity contribution in [3.05, 3.63) is 35.2 Å². The van der Waals surface area contributed by atoms with E-state index in [0.717, 1.165) is 11.3 Å². The van der Waals surface area contributed by atoms with E-state index < -0.39 is 0 Å². The van der Waals surface area contributed by atoms with Gasteiger partial charge in [0.25, 0.3) is 0 Å². The number of aromatic nitrogens is 3. The number of thioether (sulfide) groups is 1. The number of nitrogens with two attached hydrogens (primary N) is 1. The molecule has 0 bridgehead atoms. The van der Waals surface area contributed by atoms with Crippen LogP contribution in [0.3, 0.4) is 0 Å². The summed E-state index contributed by atoms with van der Waals surface area (Å²) in [6, 6.07) is 5.38. The summed E-state index contributed by atoms with van der Waals surface area (Å²) in [6.45, 7) is 3.33. The van der Waals surface area contributed by atoms with Crippen LogP contribution in [-0.4, -0.2) is 27.8 Å². The van der Waals surface area contributed by atoms with Gasteiger partial charge in [-0.15, -0.1) is 10.2 Å². The third-order valence-corrected chi connectivity index (χ3v) is 3.87. The second-order valence-electron chi connectivity index (χ2n) is 4.27. The van der Waals surface area contributed by atoms with Crippen molar-refractivity contribution in [2.24, 2.45) is 0 Å². The zero-order valence-corrected chi connectivity index (χ0v) is 12.4. The molecule has 1 aromatic carbocycles. The molecule has 0 aliphatic rings. The number of ether oxygens (including phenoxy) is 1. The number of aryl methyl sites for hydroxylation is 1. The van der Waals surface area contributed by atoms with E-state index in [-0.39, 0.29) is 5.78 Å². The fraction of sp³-hybridized carbons (Fsp3) is 0.308. The van der Waals surface area contributed by atoms with Gasteiger partial charge >= 0.3 is 0 Å². The number of benzene rings is 1. The fourth-order valence-corrected chi connectivity index (χ4v) is 2.58. The smallest absolute Gasteiger partial charge is 0.210 e. The van der Waals surface area contributed by atoms with E-state index in [2.05, 4.69) is 10.2 Å². The van der Waals surface area contributed by atoms with Crippen molar-refractivity contribution in [3.8, 4) is 5.75 Å². The van der Waals surface area contributed by atoms with Gasteiger partial charge in [0.05, 0.1) is 7.11 Å². The maximum Gasteiger partial charge on any atom is 0.210 e. The predicted octanol–water partition coefficient (Wildman–Crippen LogP) is 1.80. The molecule has 2 aromatic rings. The summed E-state index contributed by atoms with van der Waals surface area (Å²) >= 11 is 1.44. The molecule has 0 radical (unpaired) electrons. The predicted molar refractivity (Wildman–Crippen MR) is 77.5 cm³/mol. The van der Waals surface area contributed by atoms with Crippen LogP contribution in [0.5, 0.6) is 5.75 Å². The first-order valence-electron chi connectivity index (χ1n) is 6.00. The molecule has 106 valence electrons. The number of methoxy groups -OCH3 is 1. The molecule has 0 fully saturated rings. The molecule has 0 unspecified atom stereocenters. The van der Waals surface area contributed by atoms with E-state index in [9.17, 15) is 4.79 Å². The van der Waals surface area contributed by atoms with Crippen LogP contribution in [0.2, 0.25) is 0 Å². The fourth-order valence-electron chi connectivity index (χ4n) is 1.70. The van der Waals surface area contributed by atoms with Gasteiger partial charge < -0.3 is 10.6 Å². The molecule has 0 amide bonds. The van der Waals surface area contributed by atoms with Gasteiger partial charge in [-0.2, -0.15) is 0 Å². The van der Waals surface area contributed by atoms with Gasteiger partial charge in [-0.05, 0) is 32.0 Å². The molecular weight excluding hydrogens is 276 g/mol. The summed E-state index contributed by atoms with van der Waals surface area (Å²) in [4.78, 5) is 11.4. The summed E-state index contributed by atoms with van der Waals surface area (Å²) in [5, 5.41) is 8.51. The molecular formula is C13H16N4O2S. The van der Waals surface area contributed by atoms with Gasteiger partial charge in [0, 0.05) is 16.9 Å². The van der Waals surface area contributed by atoms with Crippen molar-refractivity contribution in [2.75, 3.05) is 13.0 Å². The number of nitrogen functional groups attached to an aromatic ring is 1. The van der Waals surface area contributed by atoms with Crippen molar-refractivity contribution >= 4 is 17.5 Å². The van der Waals surface area contributed by atoms with Crippen LogP contribution >= 0.6 is 11.8 Å². The molecule has 0 atom stereocenters. The van der Waals surface area contributed by atoms with E-state index >= 15 is 0 Å². The van der Waals surface area contributed by atoms with E-state index in [1.807, 2.05) is 6.07 Å². The maximum atomic E-state index is 11.4. The average molecular weight is 292 g/mol. The second-order valence-corrected chi connectivity index (χ2v) is 5.21. The molecule has 1 aromatic heterocycles. The number of rotatable bonds is 5. The molecule has 1 heterocycles. The molecule has 6 nitrogen and oxygen atoms in total. The molecule has 2 N–H and O–H groups in total. The minimum atomic E-state index is 0.0248. The lowest BCUT2D eigenvalue weighted by molar-refractivity contribution is 0.101. The first-order chi connectivity index (χ1) is 9.52. The van der Waals surface area contributed by atoms with Gasteiger partial charge in [-0.1, -0.05) is 11.8 Å². The van der Waals surface area contributed by atoms with Crippen LogP contribution < -0.4 is 10.6 Å². The number of ketones is 1. The van der Waals surface area contributed by atoms with Gasteiger partial charge in [-0.25, -0.2) is 4.68 Å². The van der Waals surface area contributed by atoms with Crippen molar-refractivity contribution < 1.29 is 9.53 Å². The molecule has 0 aliphatic heterocycles. The quantitative estimate of drug-likeness (QED) is 0.514. The van der Waals surface area contributed by atoms with Crippen LogP contribution in [0.15, 0.2) is 23.4 Å². The molecule has 0 saturated heterocycles. The highest BCUT2D eigenvalue weighted by atomic mass is 32.2.